The molecule has 3 unspecified atom stereocenters. The lowest BCUT2D eigenvalue weighted by molar-refractivity contribution is 0.106. The van der Waals surface area contributed by atoms with Gasteiger partial charge in [-0.05, 0) is 23.1 Å². The van der Waals surface area contributed by atoms with Crippen molar-refractivity contribution in [3.05, 3.63) is 65.7 Å². The minimum absolute atomic E-state index is 0.163. The van der Waals surface area contributed by atoms with Crippen LogP contribution in [0.1, 0.15) is 64.7 Å². The van der Waals surface area contributed by atoms with Gasteiger partial charge in [0.2, 0.25) is 0 Å². The van der Waals surface area contributed by atoms with E-state index < -0.39 is 0 Å². The molecule has 0 aromatic heterocycles. The fraction of sp³-hybridized carbons (Fsp3) is 0.429. The number of fused-ring (bicyclic) bond motifs is 1. The van der Waals surface area contributed by atoms with Crippen molar-refractivity contribution in [2.75, 3.05) is 0 Å². The zero-order valence-electron chi connectivity index (χ0n) is 14.8. The van der Waals surface area contributed by atoms with Gasteiger partial charge in [-0.25, -0.2) is 0 Å². The first-order chi connectivity index (χ1) is 10.8. The molecule has 2 aromatic carbocycles. The van der Waals surface area contributed by atoms with Gasteiger partial charge in [-0.2, -0.15) is 0 Å². The third-order valence-corrected chi connectivity index (χ3v) is 4.06. The van der Waals surface area contributed by atoms with E-state index in [2.05, 4.69) is 56.3 Å². The second kappa shape index (κ2) is 9.30. The van der Waals surface area contributed by atoms with E-state index >= 15 is 0 Å². The van der Waals surface area contributed by atoms with Crippen molar-refractivity contribution in [2.45, 2.75) is 53.6 Å². The van der Waals surface area contributed by atoms with E-state index in [0.29, 0.717) is 11.8 Å². The molecule has 1 aliphatic rings. The molecule has 22 heavy (non-hydrogen) atoms. The second-order valence-electron chi connectivity index (χ2n) is 5.13. The highest BCUT2D eigenvalue weighted by Gasteiger charge is 2.33. The van der Waals surface area contributed by atoms with Gasteiger partial charge in [-0.1, -0.05) is 90.1 Å². The van der Waals surface area contributed by atoms with Crippen LogP contribution in [0.4, 0.5) is 0 Å². The monoisotopic (exact) mass is 298 g/mol. The molecule has 0 fully saturated rings. The first kappa shape index (κ1) is 18.3. The van der Waals surface area contributed by atoms with Crippen LogP contribution in [0.5, 0.6) is 5.75 Å². The van der Waals surface area contributed by atoms with Gasteiger partial charge in [0.05, 0.1) is 0 Å². The van der Waals surface area contributed by atoms with Gasteiger partial charge >= 0.3 is 0 Å². The highest BCUT2D eigenvalue weighted by molar-refractivity contribution is 5.40. The Bertz CT molecular complexity index is 533. The van der Waals surface area contributed by atoms with Gasteiger partial charge in [-0.15, -0.1) is 0 Å². The van der Waals surface area contributed by atoms with Crippen molar-refractivity contribution in [3.63, 3.8) is 0 Å². The predicted molar refractivity (Wildman–Crippen MR) is 96.5 cm³/mol. The minimum Gasteiger partial charge on any atom is -0.485 e. The third kappa shape index (κ3) is 3.91. The number of hydrogen-bond donors (Lipinski definition) is 0. The molecule has 0 bridgehead atoms. The highest BCUT2D eigenvalue weighted by Crippen LogP contribution is 2.45. The zero-order valence-corrected chi connectivity index (χ0v) is 14.8. The highest BCUT2D eigenvalue weighted by atomic mass is 16.5. The van der Waals surface area contributed by atoms with Crippen LogP contribution in [-0.4, -0.2) is 0 Å². The summed E-state index contributed by atoms with van der Waals surface area (Å²) in [4.78, 5) is 0. The molecular weight excluding hydrogens is 268 g/mol. The molecule has 1 aliphatic heterocycles. The number of rotatable bonds is 1. The number of hydrogen-bond acceptors (Lipinski definition) is 1. The largest absolute Gasteiger partial charge is 0.485 e. The average molecular weight is 298 g/mol. The smallest absolute Gasteiger partial charge is 0.127 e. The van der Waals surface area contributed by atoms with Crippen LogP contribution < -0.4 is 4.74 Å². The molecule has 1 heteroatoms. The topological polar surface area (TPSA) is 9.23 Å². The number of benzene rings is 2. The van der Waals surface area contributed by atoms with E-state index in [1.165, 1.54) is 11.1 Å². The van der Waals surface area contributed by atoms with Crippen LogP contribution in [0, 0.1) is 5.92 Å². The molecule has 0 spiro atoms. The van der Waals surface area contributed by atoms with Crippen molar-refractivity contribution >= 4 is 0 Å². The number of para-hydroxylation sites is 1. The summed E-state index contributed by atoms with van der Waals surface area (Å²) in [6.07, 6.45) is 0.163. The molecule has 1 heterocycles. The Morgan fingerprint density at radius 1 is 0.727 bits per heavy atom. The third-order valence-electron chi connectivity index (χ3n) is 4.06. The predicted octanol–water partition coefficient (Wildman–Crippen LogP) is 6.61. The Labute approximate surface area is 136 Å². The maximum atomic E-state index is 6.20. The molecule has 1 nitrogen and oxygen atoms in total. The van der Waals surface area contributed by atoms with Crippen molar-refractivity contribution in [1.82, 2.24) is 0 Å². The van der Waals surface area contributed by atoms with Crippen LogP contribution in [0.15, 0.2) is 54.6 Å². The fourth-order valence-corrected chi connectivity index (χ4v) is 2.77. The van der Waals surface area contributed by atoms with Gasteiger partial charge < -0.3 is 4.74 Å². The Morgan fingerprint density at radius 2 is 1.27 bits per heavy atom. The lowest BCUT2D eigenvalue weighted by Crippen LogP contribution is -2.26. The van der Waals surface area contributed by atoms with Gasteiger partial charge in [0.25, 0.3) is 0 Å². The van der Waals surface area contributed by atoms with Crippen LogP contribution >= 0.6 is 0 Å². The van der Waals surface area contributed by atoms with E-state index in [1.54, 1.807) is 0 Å². The van der Waals surface area contributed by atoms with Gasteiger partial charge in [0.1, 0.15) is 11.9 Å². The van der Waals surface area contributed by atoms with E-state index in [0.717, 1.165) is 5.75 Å². The standard InChI is InChI=1S/C17H18O.2C2H6/c1-12-13(2)17(14-8-4-3-5-9-14)18-16-11-7-6-10-15(12)16;2*1-2/h3-13,17H,1-2H3;2*1-2H3. The molecule has 3 atom stereocenters. The van der Waals surface area contributed by atoms with Gasteiger partial charge in [0.15, 0.2) is 0 Å². The summed E-state index contributed by atoms with van der Waals surface area (Å²) in [5.74, 6) is 2.06. The maximum absolute atomic E-state index is 6.20. The Hall–Kier alpha value is -1.76. The van der Waals surface area contributed by atoms with E-state index in [1.807, 2.05) is 39.8 Å². The lowest BCUT2D eigenvalue weighted by atomic mass is 9.80. The van der Waals surface area contributed by atoms with Gasteiger partial charge in [0, 0.05) is 5.92 Å². The van der Waals surface area contributed by atoms with Crippen molar-refractivity contribution in [2.24, 2.45) is 5.92 Å². The van der Waals surface area contributed by atoms with Gasteiger partial charge in [-0.3, -0.25) is 0 Å². The second-order valence-corrected chi connectivity index (χ2v) is 5.13. The van der Waals surface area contributed by atoms with Crippen LogP contribution in [-0.2, 0) is 0 Å². The molecule has 2 aromatic rings. The maximum Gasteiger partial charge on any atom is 0.127 e. The molecule has 120 valence electrons. The Kier molecular flexibility index (Phi) is 7.73. The van der Waals surface area contributed by atoms with E-state index in [9.17, 15) is 0 Å². The molecule has 0 radical (unpaired) electrons. The quantitative estimate of drug-likeness (QED) is 0.575. The average Bonchev–Trinajstić information content (AvgIpc) is 2.62. The Balaban J connectivity index is 0.000000561. The lowest BCUT2D eigenvalue weighted by Gasteiger charge is -2.36. The summed E-state index contributed by atoms with van der Waals surface area (Å²) in [6.45, 7) is 12.6. The van der Waals surface area contributed by atoms with Crippen LogP contribution in [0.2, 0.25) is 0 Å². The molecule has 3 rings (SSSR count). The normalized spacial score (nSPS) is 22.0. The zero-order chi connectivity index (χ0) is 16.5. The molecule has 0 aliphatic carbocycles. The molecule has 0 amide bonds. The summed E-state index contributed by atoms with van der Waals surface area (Å²) < 4.78 is 6.20. The SMILES string of the molecule is CC.CC.CC1c2ccccc2OC(c2ccccc2)C1C. The molecule has 0 N–H and O–H groups in total. The van der Waals surface area contributed by atoms with Crippen molar-refractivity contribution < 1.29 is 4.74 Å². The summed E-state index contributed by atoms with van der Waals surface area (Å²) in [5.41, 5.74) is 2.60. The summed E-state index contributed by atoms with van der Waals surface area (Å²) in [5, 5.41) is 0. The van der Waals surface area contributed by atoms with Crippen LogP contribution in [0.3, 0.4) is 0 Å². The Morgan fingerprint density at radius 3 is 1.91 bits per heavy atom. The van der Waals surface area contributed by atoms with E-state index in [-0.39, 0.29) is 6.10 Å². The van der Waals surface area contributed by atoms with Crippen molar-refractivity contribution in [1.29, 1.82) is 0 Å². The fourth-order valence-electron chi connectivity index (χ4n) is 2.77. The molecular formula is C21H30O. The van der Waals surface area contributed by atoms with Crippen molar-refractivity contribution in [3.8, 4) is 5.75 Å². The minimum atomic E-state index is 0.163. The number of ether oxygens (including phenoxy) is 1. The first-order valence-corrected chi connectivity index (χ1v) is 8.58. The molecule has 0 saturated heterocycles. The summed E-state index contributed by atoms with van der Waals surface area (Å²) >= 11 is 0. The molecule has 0 saturated carbocycles. The first-order valence-electron chi connectivity index (χ1n) is 8.58. The summed E-state index contributed by atoms with van der Waals surface area (Å²) in [6, 6.07) is 18.9. The van der Waals surface area contributed by atoms with E-state index in [4.69, 9.17) is 4.74 Å². The summed E-state index contributed by atoms with van der Waals surface area (Å²) in [7, 11) is 0. The van der Waals surface area contributed by atoms with Crippen LogP contribution in [0.25, 0.3) is 0 Å².